The van der Waals surface area contributed by atoms with Gasteiger partial charge in [-0.05, 0) is 12.2 Å². The fourth-order valence-electron chi connectivity index (χ4n) is 0.537. The van der Waals surface area contributed by atoms with Crippen molar-refractivity contribution in [2.45, 2.75) is 0 Å². The minimum Gasteiger partial charge on any atom is -0.494 e. The molecule has 0 fully saturated rings. The molecule has 0 bridgehead atoms. The number of rotatable bonds is 1. The van der Waals surface area contributed by atoms with Gasteiger partial charge >= 0.3 is 0 Å². The molecule has 0 atom stereocenters. The van der Waals surface area contributed by atoms with E-state index in [2.05, 4.69) is 9.98 Å². The van der Waals surface area contributed by atoms with Crippen LogP contribution in [0.4, 0.5) is 0 Å². The molecule has 0 unspecified atom stereocenters. The number of nitrogens with one attached hydrogen (secondary N) is 1. The predicted molar refractivity (Wildman–Crippen MR) is 44.7 cm³/mol. The first kappa shape index (κ1) is 7.43. The van der Waals surface area contributed by atoms with Crippen molar-refractivity contribution in [1.82, 2.24) is 4.98 Å². The summed E-state index contributed by atoms with van der Waals surface area (Å²) in [7, 11) is 1.64. The third-order valence-electron chi connectivity index (χ3n) is 0.903. The van der Waals surface area contributed by atoms with Crippen LogP contribution in [0.25, 0.3) is 0 Å². The third kappa shape index (κ3) is 1.43. The van der Waals surface area contributed by atoms with Gasteiger partial charge in [0.2, 0.25) is 5.88 Å². The Morgan fingerprint density at radius 3 is 2.90 bits per heavy atom. The zero-order valence-electron chi connectivity index (χ0n) is 5.29. The Hall–Kier alpha value is -0.680. The molecule has 0 radical (unpaired) electrons. The Labute approximate surface area is 67.1 Å². The topological polar surface area (TPSA) is 48.4 Å². The number of H-pyrrole nitrogens is 1. The van der Waals surface area contributed by atoms with Gasteiger partial charge in [-0.25, -0.2) is 0 Å². The highest BCUT2D eigenvalue weighted by Crippen LogP contribution is 2.18. The average Bonchev–Trinajstić information content (AvgIpc) is 2.13. The maximum Gasteiger partial charge on any atom is 0.209 e. The van der Waals surface area contributed by atoms with Gasteiger partial charge in [-0.1, -0.05) is 11.3 Å². The van der Waals surface area contributed by atoms with Gasteiger partial charge in [0.05, 0.1) is 0 Å². The van der Waals surface area contributed by atoms with Gasteiger partial charge in [-0.15, -0.1) is 0 Å². The monoisotopic (exact) mass is 174 g/mol. The molecule has 1 rings (SSSR count). The first-order valence-corrected chi connectivity index (χ1v) is 3.80. The van der Waals surface area contributed by atoms with Gasteiger partial charge < -0.3 is 10.1 Å². The molecule has 0 aliphatic rings. The van der Waals surface area contributed by atoms with Crippen molar-refractivity contribution in [1.29, 1.82) is 0 Å². The maximum absolute atomic E-state index is 9.06. The molecule has 54 valence electrons. The number of aromatic hydroxyl groups is 1. The van der Waals surface area contributed by atoms with E-state index in [9.17, 15) is 0 Å². The summed E-state index contributed by atoms with van der Waals surface area (Å²) in [6.07, 6.45) is 1.56. The largest absolute Gasteiger partial charge is 0.494 e. The van der Waals surface area contributed by atoms with E-state index in [1.807, 2.05) is 0 Å². The number of aromatic amines is 1. The second-order valence-electron chi connectivity index (χ2n) is 1.61. The Morgan fingerprint density at radius 1 is 1.80 bits per heavy atom. The number of aliphatic imine (C=N–C) groups is 1. The van der Waals surface area contributed by atoms with Crippen molar-refractivity contribution in [2.75, 3.05) is 7.05 Å². The summed E-state index contributed by atoms with van der Waals surface area (Å²) in [5.41, 5.74) is 0. The van der Waals surface area contributed by atoms with Crippen LogP contribution in [-0.4, -0.2) is 23.4 Å². The second-order valence-corrected chi connectivity index (χ2v) is 3.33. The van der Waals surface area contributed by atoms with Crippen LogP contribution in [0.5, 0.6) is 5.88 Å². The Bertz CT molecular complexity index is 299. The highest BCUT2D eigenvalue weighted by atomic mass is 32.1. The smallest absolute Gasteiger partial charge is 0.209 e. The molecule has 10 heavy (non-hydrogen) atoms. The molecule has 0 aliphatic carbocycles. The number of aromatic nitrogens is 1. The number of nitrogens with zero attached hydrogens (tertiary/aromatic N) is 1. The lowest BCUT2D eigenvalue weighted by Gasteiger charge is -1.82. The van der Waals surface area contributed by atoms with Crippen molar-refractivity contribution in [3.63, 3.8) is 0 Å². The lowest BCUT2D eigenvalue weighted by molar-refractivity contribution is 0.456. The summed E-state index contributed by atoms with van der Waals surface area (Å²) >= 11 is 6.07. The molecule has 1 aromatic heterocycles. The molecule has 0 spiro atoms. The average molecular weight is 174 g/mol. The number of hydrogen-bond acceptors (Lipinski definition) is 4. The zero-order valence-corrected chi connectivity index (χ0v) is 6.92. The molecule has 0 aromatic carbocycles. The first-order valence-electron chi connectivity index (χ1n) is 2.58. The highest BCUT2D eigenvalue weighted by molar-refractivity contribution is 7.73. The molecule has 0 amide bonds. The molecule has 5 heteroatoms. The summed E-state index contributed by atoms with van der Waals surface area (Å²) in [5, 5.41) is 9.06. The maximum atomic E-state index is 9.06. The predicted octanol–water partition coefficient (Wildman–Crippen LogP) is 1.56. The SMILES string of the molecule is CN=Cc1sc(=S)[nH]c1O. The molecule has 2 N–H and O–H groups in total. The summed E-state index contributed by atoms with van der Waals surface area (Å²) in [4.78, 5) is 7.00. The van der Waals surface area contributed by atoms with Gasteiger partial charge in [0.15, 0.2) is 3.95 Å². The van der Waals surface area contributed by atoms with Gasteiger partial charge in [0.1, 0.15) is 4.88 Å². The summed E-state index contributed by atoms with van der Waals surface area (Å²) in [6, 6.07) is 0. The van der Waals surface area contributed by atoms with Crippen LogP contribution in [0, 0.1) is 3.95 Å². The van der Waals surface area contributed by atoms with Crippen LogP contribution in [0.2, 0.25) is 0 Å². The van der Waals surface area contributed by atoms with Crippen LogP contribution in [-0.2, 0) is 0 Å². The molecular formula is C5H6N2OS2. The van der Waals surface area contributed by atoms with E-state index in [4.69, 9.17) is 17.3 Å². The van der Waals surface area contributed by atoms with E-state index >= 15 is 0 Å². The Kier molecular flexibility index (Phi) is 2.18. The van der Waals surface area contributed by atoms with Crippen LogP contribution in [0.3, 0.4) is 0 Å². The first-order chi connectivity index (χ1) is 4.74. The van der Waals surface area contributed by atoms with Crippen LogP contribution < -0.4 is 0 Å². The lowest BCUT2D eigenvalue weighted by Crippen LogP contribution is -1.72. The molecule has 1 aromatic rings. The molecule has 0 saturated heterocycles. The van der Waals surface area contributed by atoms with E-state index in [0.29, 0.717) is 8.83 Å². The van der Waals surface area contributed by atoms with E-state index in [1.54, 1.807) is 13.3 Å². The van der Waals surface area contributed by atoms with Gasteiger partial charge in [0.25, 0.3) is 0 Å². The second kappa shape index (κ2) is 2.94. The summed E-state index contributed by atoms with van der Waals surface area (Å²) in [6.45, 7) is 0. The van der Waals surface area contributed by atoms with Crippen molar-refractivity contribution >= 4 is 29.8 Å². The molecule has 1 heterocycles. The zero-order chi connectivity index (χ0) is 7.56. The number of thiazole rings is 1. The van der Waals surface area contributed by atoms with E-state index in [1.165, 1.54) is 11.3 Å². The molecule has 3 nitrogen and oxygen atoms in total. The Morgan fingerprint density at radius 2 is 2.50 bits per heavy atom. The van der Waals surface area contributed by atoms with Crippen molar-refractivity contribution in [2.24, 2.45) is 4.99 Å². The van der Waals surface area contributed by atoms with Crippen LogP contribution in [0.1, 0.15) is 4.88 Å². The molecule has 0 saturated carbocycles. The molecular weight excluding hydrogens is 168 g/mol. The quantitative estimate of drug-likeness (QED) is 0.501. The van der Waals surface area contributed by atoms with Gasteiger partial charge in [0, 0.05) is 13.3 Å². The lowest BCUT2D eigenvalue weighted by atomic mass is 10.6. The van der Waals surface area contributed by atoms with Crippen LogP contribution >= 0.6 is 23.6 Å². The van der Waals surface area contributed by atoms with Crippen LogP contribution in [0.15, 0.2) is 4.99 Å². The Balaban J connectivity index is 3.15. The van der Waals surface area contributed by atoms with Gasteiger partial charge in [-0.3, -0.25) is 4.99 Å². The highest BCUT2D eigenvalue weighted by Gasteiger charge is 1.99. The van der Waals surface area contributed by atoms with Crippen molar-refractivity contribution in [3.05, 3.63) is 8.83 Å². The fourth-order valence-corrected chi connectivity index (χ4v) is 1.56. The van der Waals surface area contributed by atoms with Crippen molar-refractivity contribution < 1.29 is 5.11 Å². The third-order valence-corrected chi connectivity index (χ3v) is 2.06. The summed E-state index contributed by atoms with van der Waals surface area (Å²) < 4.78 is 0.562. The fraction of sp³-hybridized carbons (Fsp3) is 0.200. The van der Waals surface area contributed by atoms with E-state index < -0.39 is 0 Å². The normalized spacial score (nSPS) is 10.9. The summed E-state index contributed by atoms with van der Waals surface area (Å²) in [5.74, 6) is 0.0978. The minimum atomic E-state index is 0.0978. The van der Waals surface area contributed by atoms with Crippen molar-refractivity contribution in [3.8, 4) is 5.88 Å². The number of hydrogen-bond donors (Lipinski definition) is 2. The standard InChI is InChI=1S/C5H6N2OS2/c1-6-2-3-4(8)7-5(9)10-3/h2,8H,1H3,(H,7,9). The minimum absolute atomic E-state index is 0.0978. The van der Waals surface area contributed by atoms with E-state index in [-0.39, 0.29) is 5.88 Å². The molecule has 0 aliphatic heterocycles. The van der Waals surface area contributed by atoms with Gasteiger partial charge in [-0.2, -0.15) is 0 Å². The van der Waals surface area contributed by atoms with E-state index in [0.717, 1.165) is 0 Å².